The highest BCUT2D eigenvalue weighted by atomic mass is 32.2. The summed E-state index contributed by atoms with van der Waals surface area (Å²) in [5.74, 6) is -0.0852. The molecule has 1 heterocycles. The maximum absolute atomic E-state index is 12.6. The molecule has 0 atom stereocenters. The molecular formula is C23H20N2OS. The van der Waals surface area contributed by atoms with E-state index in [4.69, 9.17) is 4.99 Å². The molecule has 0 spiro atoms. The van der Waals surface area contributed by atoms with Gasteiger partial charge < -0.3 is 5.32 Å². The molecule has 1 aliphatic rings. The Balaban J connectivity index is 1.56. The van der Waals surface area contributed by atoms with Crippen molar-refractivity contribution in [1.82, 2.24) is 5.32 Å². The summed E-state index contributed by atoms with van der Waals surface area (Å²) in [5.41, 5.74) is 5.88. The number of carbonyl (C=O) groups is 1. The molecule has 1 amide bonds. The van der Waals surface area contributed by atoms with Crippen LogP contribution in [0.2, 0.25) is 0 Å². The van der Waals surface area contributed by atoms with E-state index in [1.54, 1.807) is 11.8 Å². The third kappa shape index (κ3) is 3.81. The lowest BCUT2D eigenvalue weighted by atomic mass is 10.1. The van der Waals surface area contributed by atoms with E-state index in [0.29, 0.717) is 12.1 Å². The molecule has 0 bridgehead atoms. The van der Waals surface area contributed by atoms with E-state index in [0.717, 1.165) is 27.4 Å². The Labute approximate surface area is 163 Å². The molecule has 0 unspecified atom stereocenters. The van der Waals surface area contributed by atoms with Crippen LogP contribution in [0.5, 0.6) is 0 Å². The van der Waals surface area contributed by atoms with Gasteiger partial charge in [0.1, 0.15) is 0 Å². The van der Waals surface area contributed by atoms with Crippen molar-refractivity contribution in [3.63, 3.8) is 0 Å². The van der Waals surface area contributed by atoms with Gasteiger partial charge in [0.25, 0.3) is 5.91 Å². The molecule has 3 aromatic carbocycles. The van der Waals surface area contributed by atoms with Gasteiger partial charge in [0.05, 0.1) is 5.69 Å². The topological polar surface area (TPSA) is 41.5 Å². The zero-order chi connectivity index (χ0) is 18.8. The van der Waals surface area contributed by atoms with Crippen molar-refractivity contribution in [2.45, 2.75) is 30.2 Å². The smallest absolute Gasteiger partial charge is 0.251 e. The number of rotatable bonds is 3. The van der Waals surface area contributed by atoms with Crippen LogP contribution in [-0.4, -0.2) is 11.6 Å². The Morgan fingerprint density at radius 3 is 2.56 bits per heavy atom. The summed E-state index contributed by atoms with van der Waals surface area (Å²) in [6.45, 7) is 4.58. The standard InChI is InChI=1S/C23H20N2OS/c1-15-7-9-17(10-8-15)14-24-23(26)18-11-12-22-20(13-18)25-16(2)19-5-3-4-6-21(19)27-22/h3-13H,14H2,1-2H3,(H,24,26). The molecule has 0 fully saturated rings. The first-order chi connectivity index (χ1) is 13.1. The number of hydrogen-bond acceptors (Lipinski definition) is 3. The van der Waals surface area contributed by atoms with Gasteiger partial charge in [-0.3, -0.25) is 9.79 Å². The van der Waals surface area contributed by atoms with E-state index in [1.165, 1.54) is 10.5 Å². The lowest BCUT2D eigenvalue weighted by Gasteiger charge is -2.08. The summed E-state index contributed by atoms with van der Waals surface area (Å²) in [7, 11) is 0. The molecule has 0 aromatic heterocycles. The van der Waals surface area contributed by atoms with E-state index >= 15 is 0 Å². The minimum Gasteiger partial charge on any atom is -0.348 e. The number of fused-ring (bicyclic) bond motifs is 2. The van der Waals surface area contributed by atoms with E-state index in [2.05, 4.69) is 36.5 Å². The molecule has 1 aliphatic heterocycles. The second kappa shape index (κ2) is 7.41. The van der Waals surface area contributed by atoms with Crippen molar-refractivity contribution in [3.05, 3.63) is 89.0 Å². The molecular weight excluding hydrogens is 352 g/mol. The fourth-order valence-electron chi connectivity index (χ4n) is 3.04. The number of nitrogens with one attached hydrogen (secondary N) is 1. The molecule has 4 heteroatoms. The Morgan fingerprint density at radius 1 is 0.963 bits per heavy atom. The number of aliphatic imine (C=N–C) groups is 1. The molecule has 1 N–H and O–H groups in total. The predicted octanol–water partition coefficient (Wildman–Crippen LogP) is 5.53. The summed E-state index contributed by atoms with van der Waals surface area (Å²) >= 11 is 1.69. The lowest BCUT2D eigenvalue weighted by Crippen LogP contribution is -2.22. The van der Waals surface area contributed by atoms with Gasteiger partial charge >= 0.3 is 0 Å². The normalized spacial score (nSPS) is 12.4. The van der Waals surface area contributed by atoms with Crippen molar-refractivity contribution in [3.8, 4) is 0 Å². The minimum atomic E-state index is -0.0852. The maximum atomic E-state index is 12.6. The van der Waals surface area contributed by atoms with E-state index in [1.807, 2.05) is 49.4 Å². The van der Waals surface area contributed by atoms with Crippen LogP contribution in [-0.2, 0) is 6.54 Å². The molecule has 3 aromatic rings. The third-order valence-electron chi connectivity index (χ3n) is 4.58. The number of aryl methyl sites for hydroxylation is 1. The minimum absolute atomic E-state index is 0.0852. The summed E-state index contributed by atoms with van der Waals surface area (Å²) in [5, 5.41) is 2.99. The Kier molecular flexibility index (Phi) is 4.82. The summed E-state index contributed by atoms with van der Waals surface area (Å²) in [6, 6.07) is 22.2. The second-order valence-corrected chi connectivity index (χ2v) is 7.73. The van der Waals surface area contributed by atoms with Gasteiger partial charge in [0.2, 0.25) is 0 Å². The Hall–Kier alpha value is -2.85. The van der Waals surface area contributed by atoms with Gasteiger partial charge in [-0.1, -0.05) is 59.8 Å². The lowest BCUT2D eigenvalue weighted by molar-refractivity contribution is 0.0951. The number of benzene rings is 3. The Bertz CT molecular complexity index is 1040. The van der Waals surface area contributed by atoms with Gasteiger partial charge in [-0.15, -0.1) is 0 Å². The Morgan fingerprint density at radius 2 is 1.74 bits per heavy atom. The quantitative estimate of drug-likeness (QED) is 0.657. The van der Waals surface area contributed by atoms with Crippen LogP contribution in [0, 0.1) is 6.92 Å². The molecule has 0 saturated carbocycles. The average Bonchev–Trinajstić information content (AvgIpc) is 2.82. The SMILES string of the molecule is CC1=Nc2cc(C(=O)NCc3ccc(C)cc3)ccc2Sc2ccccc21. The zero-order valence-corrected chi connectivity index (χ0v) is 16.1. The summed E-state index contributed by atoms with van der Waals surface area (Å²) in [6.07, 6.45) is 0. The van der Waals surface area contributed by atoms with Crippen LogP contribution < -0.4 is 5.32 Å². The summed E-state index contributed by atoms with van der Waals surface area (Å²) < 4.78 is 0. The van der Waals surface area contributed by atoms with Crippen LogP contribution in [0.4, 0.5) is 5.69 Å². The van der Waals surface area contributed by atoms with Crippen molar-refractivity contribution in [1.29, 1.82) is 0 Å². The van der Waals surface area contributed by atoms with E-state index in [-0.39, 0.29) is 5.91 Å². The van der Waals surface area contributed by atoms with E-state index < -0.39 is 0 Å². The molecule has 134 valence electrons. The first-order valence-electron chi connectivity index (χ1n) is 8.90. The molecule has 27 heavy (non-hydrogen) atoms. The monoisotopic (exact) mass is 372 g/mol. The zero-order valence-electron chi connectivity index (χ0n) is 15.3. The van der Waals surface area contributed by atoms with Crippen molar-refractivity contribution >= 4 is 29.1 Å². The predicted molar refractivity (Wildman–Crippen MR) is 111 cm³/mol. The number of nitrogens with zero attached hydrogens (tertiary/aromatic N) is 1. The molecule has 0 saturated heterocycles. The van der Waals surface area contributed by atoms with Crippen LogP contribution in [0.1, 0.15) is 34.0 Å². The highest BCUT2D eigenvalue weighted by Gasteiger charge is 2.16. The van der Waals surface area contributed by atoms with Crippen molar-refractivity contribution in [2.24, 2.45) is 4.99 Å². The van der Waals surface area contributed by atoms with E-state index in [9.17, 15) is 4.79 Å². The second-order valence-electron chi connectivity index (χ2n) is 6.65. The summed E-state index contributed by atoms with van der Waals surface area (Å²) in [4.78, 5) is 19.6. The average molecular weight is 372 g/mol. The highest BCUT2D eigenvalue weighted by molar-refractivity contribution is 7.99. The van der Waals surface area contributed by atoms with Crippen LogP contribution in [0.25, 0.3) is 0 Å². The first-order valence-corrected chi connectivity index (χ1v) is 9.72. The fraction of sp³-hybridized carbons (Fsp3) is 0.130. The fourth-order valence-corrected chi connectivity index (χ4v) is 4.09. The van der Waals surface area contributed by atoms with Gasteiger partial charge in [-0.05, 0) is 43.7 Å². The van der Waals surface area contributed by atoms with Crippen molar-refractivity contribution in [2.75, 3.05) is 0 Å². The number of hydrogen-bond donors (Lipinski definition) is 1. The van der Waals surface area contributed by atoms with Gasteiger partial charge in [0, 0.05) is 33.2 Å². The maximum Gasteiger partial charge on any atom is 0.251 e. The van der Waals surface area contributed by atoms with Crippen molar-refractivity contribution < 1.29 is 4.79 Å². The molecule has 0 aliphatic carbocycles. The van der Waals surface area contributed by atoms with Gasteiger partial charge in [-0.25, -0.2) is 0 Å². The third-order valence-corrected chi connectivity index (χ3v) is 5.72. The van der Waals surface area contributed by atoms with Crippen LogP contribution >= 0.6 is 11.8 Å². The van der Waals surface area contributed by atoms with Crippen LogP contribution in [0.15, 0.2) is 81.5 Å². The number of amides is 1. The van der Waals surface area contributed by atoms with Crippen LogP contribution in [0.3, 0.4) is 0 Å². The first kappa shape index (κ1) is 17.6. The molecule has 3 nitrogen and oxygen atoms in total. The molecule has 4 rings (SSSR count). The largest absolute Gasteiger partial charge is 0.348 e. The van der Waals surface area contributed by atoms with Gasteiger partial charge in [-0.2, -0.15) is 0 Å². The highest BCUT2D eigenvalue weighted by Crippen LogP contribution is 2.40. The molecule has 0 radical (unpaired) electrons. The number of carbonyl (C=O) groups excluding carboxylic acids is 1. The van der Waals surface area contributed by atoms with Gasteiger partial charge in [0.15, 0.2) is 0 Å².